The Balaban J connectivity index is 2.06. The summed E-state index contributed by atoms with van der Waals surface area (Å²) < 4.78 is 1.72. The summed E-state index contributed by atoms with van der Waals surface area (Å²) in [5, 5.41) is 4.10. The van der Waals surface area contributed by atoms with Gasteiger partial charge in [-0.3, -0.25) is 9.69 Å². The van der Waals surface area contributed by atoms with Crippen molar-refractivity contribution >= 4 is 5.91 Å². The monoisotopic (exact) mass is 287 g/mol. The first-order valence-electron chi connectivity index (χ1n) is 6.84. The minimum Gasteiger partial charge on any atom is -0.348 e. The number of likely N-dealkylation sites (N-methyl/N-ethyl adjacent to an activating group) is 2. The number of hydrogen-bond acceptors (Lipinski definition) is 4. The molecule has 0 bridgehead atoms. The molecule has 6 nitrogen and oxygen atoms in total. The fourth-order valence-corrected chi connectivity index (χ4v) is 1.99. The number of aromatic nitrogens is 3. The molecule has 0 aliphatic heterocycles. The van der Waals surface area contributed by atoms with E-state index in [9.17, 15) is 4.79 Å². The lowest BCUT2D eigenvalue weighted by atomic mass is 10.1. The third-order valence-corrected chi connectivity index (χ3v) is 3.60. The molecule has 0 aliphatic rings. The highest BCUT2D eigenvalue weighted by atomic mass is 16.2. The molecular weight excluding hydrogens is 266 g/mol. The SMILES string of the molecule is CC(c1ccc(-n2cncn2)cc1)N(C)CC(=O)N(C)C. The molecular formula is C15H21N5O. The maximum absolute atomic E-state index is 11.8. The molecule has 1 aromatic heterocycles. The summed E-state index contributed by atoms with van der Waals surface area (Å²) >= 11 is 0. The summed E-state index contributed by atoms with van der Waals surface area (Å²) in [6, 6.07) is 8.28. The first kappa shape index (κ1) is 15.2. The van der Waals surface area contributed by atoms with Crippen LogP contribution in [0.5, 0.6) is 0 Å². The minimum atomic E-state index is 0.101. The first-order valence-corrected chi connectivity index (χ1v) is 6.84. The van der Waals surface area contributed by atoms with Gasteiger partial charge in [0.2, 0.25) is 5.91 Å². The van der Waals surface area contributed by atoms with Crippen molar-refractivity contribution in [3.05, 3.63) is 42.5 Å². The molecule has 21 heavy (non-hydrogen) atoms. The van der Waals surface area contributed by atoms with Crippen LogP contribution in [-0.4, -0.2) is 58.2 Å². The van der Waals surface area contributed by atoms with Gasteiger partial charge in [0.15, 0.2) is 0 Å². The molecule has 0 saturated carbocycles. The van der Waals surface area contributed by atoms with E-state index >= 15 is 0 Å². The Morgan fingerprint density at radius 2 is 1.90 bits per heavy atom. The number of nitrogens with zero attached hydrogens (tertiary/aromatic N) is 5. The number of hydrogen-bond donors (Lipinski definition) is 0. The lowest BCUT2D eigenvalue weighted by Crippen LogP contribution is -2.35. The van der Waals surface area contributed by atoms with Gasteiger partial charge >= 0.3 is 0 Å². The highest BCUT2D eigenvalue weighted by molar-refractivity contribution is 5.77. The molecule has 1 unspecified atom stereocenters. The predicted molar refractivity (Wildman–Crippen MR) is 81.1 cm³/mol. The van der Waals surface area contributed by atoms with Crippen molar-refractivity contribution in [1.82, 2.24) is 24.6 Å². The molecule has 0 fully saturated rings. The summed E-state index contributed by atoms with van der Waals surface area (Å²) in [5.41, 5.74) is 2.13. The zero-order valence-corrected chi connectivity index (χ0v) is 12.9. The summed E-state index contributed by atoms with van der Waals surface area (Å²) in [6.45, 7) is 2.49. The molecule has 6 heteroatoms. The van der Waals surface area contributed by atoms with Crippen LogP contribution in [0.1, 0.15) is 18.5 Å². The first-order chi connectivity index (χ1) is 9.99. The van der Waals surface area contributed by atoms with E-state index in [0.717, 1.165) is 11.3 Å². The number of carbonyl (C=O) groups excluding carboxylic acids is 1. The van der Waals surface area contributed by atoms with E-state index in [4.69, 9.17) is 0 Å². The fourth-order valence-electron chi connectivity index (χ4n) is 1.99. The zero-order chi connectivity index (χ0) is 15.4. The summed E-state index contributed by atoms with van der Waals surface area (Å²) in [4.78, 5) is 19.3. The quantitative estimate of drug-likeness (QED) is 0.833. The summed E-state index contributed by atoms with van der Waals surface area (Å²) in [7, 11) is 5.50. The molecule has 0 saturated heterocycles. The van der Waals surface area contributed by atoms with Gasteiger partial charge in [-0.25, -0.2) is 9.67 Å². The standard InChI is InChI=1S/C15H21N5O/c1-12(19(4)9-15(21)18(2)3)13-5-7-14(8-6-13)20-11-16-10-17-20/h5-8,10-12H,9H2,1-4H3. The van der Waals surface area contributed by atoms with Crippen molar-refractivity contribution in [2.45, 2.75) is 13.0 Å². The molecule has 2 aromatic rings. The topological polar surface area (TPSA) is 54.3 Å². The molecule has 1 heterocycles. The lowest BCUT2D eigenvalue weighted by Gasteiger charge is -2.26. The maximum Gasteiger partial charge on any atom is 0.236 e. The molecule has 0 radical (unpaired) electrons. The Kier molecular flexibility index (Phi) is 4.70. The Labute approximate surface area is 125 Å². The van der Waals surface area contributed by atoms with Crippen LogP contribution in [0.25, 0.3) is 5.69 Å². The van der Waals surface area contributed by atoms with Gasteiger partial charge in [-0.1, -0.05) is 12.1 Å². The van der Waals surface area contributed by atoms with E-state index in [-0.39, 0.29) is 11.9 Å². The zero-order valence-electron chi connectivity index (χ0n) is 12.9. The van der Waals surface area contributed by atoms with Gasteiger partial charge in [0, 0.05) is 20.1 Å². The van der Waals surface area contributed by atoms with Crippen molar-refractivity contribution in [3.8, 4) is 5.69 Å². The molecule has 1 atom stereocenters. The van der Waals surface area contributed by atoms with Gasteiger partial charge in [-0.15, -0.1) is 0 Å². The largest absolute Gasteiger partial charge is 0.348 e. The van der Waals surface area contributed by atoms with Crippen molar-refractivity contribution in [2.75, 3.05) is 27.7 Å². The third-order valence-electron chi connectivity index (χ3n) is 3.60. The van der Waals surface area contributed by atoms with E-state index in [1.807, 2.05) is 24.1 Å². The van der Waals surface area contributed by atoms with Crippen LogP contribution in [0, 0.1) is 0 Å². The van der Waals surface area contributed by atoms with Crippen molar-refractivity contribution in [1.29, 1.82) is 0 Å². The second-order valence-corrected chi connectivity index (χ2v) is 5.31. The molecule has 1 amide bonds. The highest BCUT2D eigenvalue weighted by Crippen LogP contribution is 2.20. The number of benzene rings is 1. The van der Waals surface area contributed by atoms with Crippen molar-refractivity contribution < 1.29 is 4.79 Å². The average molecular weight is 287 g/mol. The fraction of sp³-hybridized carbons (Fsp3) is 0.400. The Bertz CT molecular complexity index is 577. The maximum atomic E-state index is 11.8. The predicted octanol–water partition coefficient (Wildman–Crippen LogP) is 1.35. The van der Waals surface area contributed by atoms with Gasteiger partial charge in [-0.05, 0) is 31.7 Å². The van der Waals surface area contributed by atoms with Crippen LogP contribution >= 0.6 is 0 Å². The third kappa shape index (κ3) is 3.66. The molecule has 112 valence electrons. The highest BCUT2D eigenvalue weighted by Gasteiger charge is 2.15. The van der Waals surface area contributed by atoms with Crippen LogP contribution in [0.15, 0.2) is 36.9 Å². The van der Waals surface area contributed by atoms with Gasteiger partial charge in [0.05, 0.1) is 12.2 Å². The number of rotatable bonds is 5. The van der Waals surface area contributed by atoms with Crippen LogP contribution in [0.3, 0.4) is 0 Å². The van der Waals surface area contributed by atoms with Crippen LogP contribution in [-0.2, 0) is 4.79 Å². The van der Waals surface area contributed by atoms with Gasteiger partial charge in [0.1, 0.15) is 12.7 Å². The summed E-state index contributed by atoms with van der Waals surface area (Å²) in [6.07, 6.45) is 3.18. The average Bonchev–Trinajstić information content (AvgIpc) is 3.00. The summed E-state index contributed by atoms with van der Waals surface area (Å²) in [5.74, 6) is 0.101. The lowest BCUT2D eigenvalue weighted by molar-refractivity contribution is -0.130. The molecule has 1 aromatic carbocycles. The molecule has 0 spiro atoms. The Morgan fingerprint density at radius 1 is 1.24 bits per heavy atom. The van der Waals surface area contributed by atoms with Crippen molar-refractivity contribution in [2.24, 2.45) is 0 Å². The van der Waals surface area contributed by atoms with E-state index in [1.54, 1.807) is 30.0 Å². The van der Waals surface area contributed by atoms with E-state index in [1.165, 1.54) is 6.33 Å². The van der Waals surface area contributed by atoms with E-state index in [2.05, 4.69) is 29.1 Å². The minimum absolute atomic E-state index is 0.101. The molecule has 0 N–H and O–H groups in total. The van der Waals surface area contributed by atoms with Crippen molar-refractivity contribution in [3.63, 3.8) is 0 Å². The van der Waals surface area contributed by atoms with Gasteiger partial charge in [-0.2, -0.15) is 5.10 Å². The molecule has 0 aliphatic carbocycles. The van der Waals surface area contributed by atoms with E-state index in [0.29, 0.717) is 6.54 Å². The molecule has 2 rings (SSSR count). The normalized spacial score (nSPS) is 12.4. The van der Waals surface area contributed by atoms with Crippen LogP contribution < -0.4 is 0 Å². The second kappa shape index (κ2) is 6.49. The second-order valence-electron chi connectivity index (χ2n) is 5.31. The Morgan fingerprint density at radius 3 is 2.43 bits per heavy atom. The van der Waals surface area contributed by atoms with Gasteiger partial charge < -0.3 is 4.90 Å². The van der Waals surface area contributed by atoms with Gasteiger partial charge in [0.25, 0.3) is 0 Å². The number of amides is 1. The number of carbonyl (C=O) groups is 1. The Hall–Kier alpha value is -2.21. The smallest absolute Gasteiger partial charge is 0.236 e. The van der Waals surface area contributed by atoms with E-state index < -0.39 is 0 Å². The van der Waals surface area contributed by atoms with Crippen LogP contribution in [0.2, 0.25) is 0 Å². The van der Waals surface area contributed by atoms with Crippen LogP contribution in [0.4, 0.5) is 0 Å².